The Kier molecular flexibility index (Phi) is 4.17. The van der Waals surface area contributed by atoms with E-state index in [1.807, 2.05) is 48.5 Å². The lowest BCUT2D eigenvalue weighted by Gasteiger charge is -2.12. The highest BCUT2D eigenvalue weighted by Gasteiger charge is 2.22. The summed E-state index contributed by atoms with van der Waals surface area (Å²) in [5.41, 5.74) is 2.96. The topological polar surface area (TPSA) is 49.8 Å². The Bertz CT molecular complexity index is 847. The summed E-state index contributed by atoms with van der Waals surface area (Å²) in [4.78, 5) is 9.30. The monoisotopic (exact) mass is 380 g/mol. The molecule has 1 heterocycles. The molecule has 1 aromatic heterocycles. The van der Waals surface area contributed by atoms with Gasteiger partial charge in [-0.1, -0.05) is 42.5 Å². The van der Waals surface area contributed by atoms with Crippen LogP contribution in [0, 0.1) is 0 Å². The first-order valence-electron chi connectivity index (χ1n) is 8.00. The normalized spacial score (nSPS) is 13.5. The maximum Gasteiger partial charge on any atom is 0.225 e. The first-order chi connectivity index (χ1) is 11.8. The van der Waals surface area contributed by atoms with Crippen molar-refractivity contribution in [2.45, 2.75) is 18.9 Å². The van der Waals surface area contributed by atoms with Crippen LogP contribution in [0.25, 0.3) is 11.3 Å². The molecule has 0 amide bonds. The third-order valence-electron chi connectivity index (χ3n) is 3.84. The summed E-state index contributed by atoms with van der Waals surface area (Å²) in [5, 5.41) is 6.77. The van der Waals surface area contributed by atoms with Gasteiger partial charge in [0.25, 0.3) is 0 Å². The highest BCUT2D eigenvalue weighted by atomic mass is 79.9. The SMILES string of the molecule is Brc1ccccc1Nc1cc(-c2ccccc2)nc(NC2CC2)n1. The number of halogens is 1. The van der Waals surface area contributed by atoms with Crippen LogP contribution in [0.4, 0.5) is 17.5 Å². The Hall–Kier alpha value is -2.40. The number of rotatable bonds is 5. The summed E-state index contributed by atoms with van der Waals surface area (Å²) >= 11 is 3.56. The van der Waals surface area contributed by atoms with Crippen LogP contribution in [0.1, 0.15) is 12.8 Å². The molecule has 0 unspecified atom stereocenters. The van der Waals surface area contributed by atoms with Gasteiger partial charge in [-0.05, 0) is 40.9 Å². The first-order valence-corrected chi connectivity index (χ1v) is 8.80. The van der Waals surface area contributed by atoms with Crippen molar-refractivity contribution in [2.75, 3.05) is 10.6 Å². The van der Waals surface area contributed by atoms with Gasteiger partial charge in [0.05, 0.1) is 11.4 Å². The average Bonchev–Trinajstić information content (AvgIpc) is 3.42. The quantitative estimate of drug-likeness (QED) is 0.636. The molecule has 1 saturated carbocycles. The fourth-order valence-electron chi connectivity index (χ4n) is 2.44. The molecule has 4 nitrogen and oxygen atoms in total. The summed E-state index contributed by atoms with van der Waals surface area (Å²) < 4.78 is 1.00. The number of hydrogen-bond donors (Lipinski definition) is 2. The molecule has 120 valence electrons. The Morgan fingerprint density at radius 2 is 1.67 bits per heavy atom. The number of benzene rings is 2. The second-order valence-electron chi connectivity index (χ2n) is 5.85. The fraction of sp³-hybridized carbons (Fsp3) is 0.158. The molecule has 1 aliphatic carbocycles. The maximum absolute atomic E-state index is 4.67. The third kappa shape index (κ3) is 3.57. The van der Waals surface area contributed by atoms with Crippen molar-refractivity contribution in [3.63, 3.8) is 0 Å². The van der Waals surface area contributed by atoms with E-state index in [2.05, 4.69) is 48.7 Å². The van der Waals surface area contributed by atoms with E-state index < -0.39 is 0 Å². The standard InChI is InChI=1S/C19H17BrN4/c20-15-8-4-5-9-16(15)22-18-12-17(13-6-2-1-3-7-13)23-19(24-18)21-14-10-11-14/h1-9,12,14H,10-11H2,(H2,21,22,23,24). The number of hydrogen-bond acceptors (Lipinski definition) is 4. The zero-order valence-corrected chi connectivity index (χ0v) is 14.6. The highest BCUT2D eigenvalue weighted by molar-refractivity contribution is 9.10. The van der Waals surface area contributed by atoms with Crippen molar-refractivity contribution in [2.24, 2.45) is 0 Å². The van der Waals surface area contributed by atoms with Crippen molar-refractivity contribution in [1.29, 1.82) is 0 Å². The van der Waals surface area contributed by atoms with Gasteiger partial charge < -0.3 is 10.6 Å². The molecule has 0 bridgehead atoms. The maximum atomic E-state index is 4.67. The van der Waals surface area contributed by atoms with Crippen LogP contribution in [0.3, 0.4) is 0 Å². The number of aromatic nitrogens is 2. The van der Waals surface area contributed by atoms with Crippen LogP contribution in [-0.2, 0) is 0 Å². The van der Waals surface area contributed by atoms with Gasteiger partial charge in [0.1, 0.15) is 5.82 Å². The third-order valence-corrected chi connectivity index (χ3v) is 4.53. The van der Waals surface area contributed by atoms with E-state index in [-0.39, 0.29) is 0 Å². The zero-order valence-electron chi connectivity index (χ0n) is 13.0. The van der Waals surface area contributed by atoms with E-state index in [0.29, 0.717) is 12.0 Å². The summed E-state index contributed by atoms with van der Waals surface area (Å²) in [7, 11) is 0. The van der Waals surface area contributed by atoms with Gasteiger partial charge in [-0.3, -0.25) is 0 Å². The van der Waals surface area contributed by atoms with Crippen molar-refractivity contribution in [3.8, 4) is 11.3 Å². The van der Waals surface area contributed by atoms with Crippen LogP contribution in [0.15, 0.2) is 65.1 Å². The van der Waals surface area contributed by atoms with Crippen LogP contribution in [0.2, 0.25) is 0 Å². The minimum absolute atomic E-state index is 0.507. The molecule has 0 saturated heterocycles. The number of para-hydroxylation sites is 1. The van der Waals surface area contributed by atoms with Crippen LogP contribution in [0.5, 0.6) is 0 Å². The van der Waals surface area contributed by atoms with Gasteiger partial charge in [0, 0.05) is 22.1 Å². The highest BCUT2D eigenvalue weighted by Crippen LogP contribution is 2.29. The minimum Gasteiger partial charge on any atom is -0.351 e. The van der Waals surface area contributed by atoms with Gasteiger partial charge in [-0.2, -0.15) is 4.98 Å². The Labute approximate surface area is 149 Å². The lowest BCUT2D eigenvalue weighted by molar-refractivity contribution is 1.06. The smallest absolute Gasteiger partial charge is 0.225 e. The Balaban J connectivity index is 1.71. The molecule has 0 atom stereocenters. The van der Waals surface area contributed by atoms with E-state index in [1.54, 1.807) is 0 Å². The van der Waals surface area contributed by atoms with E-state index in [4.69, 9.17) is 0 Å². The van der Waals surface area contributed by atoms with E-state index in [1.165, 1.54) is 12.8 Å². The lowest BCUT2D eigenvalue weighted by atomic mass is 10.1. The number of anilines is 3. The van der Waals surface area contributed by atoms with Crippen molar-refractivity contribution in [1.82, 2.24) is 9.97 Å². The second kappa shape index (κ2) is 6.61. The van der Waals surface area contributed by atoms with E-state index in [9.17, 15) is 0 Å². The zero-order chi connectivity index (χ0) is 16.4. The molecule has 0 spiro atoms. The summed E-state index contributed by atoms with van der Waals surface area (Å²) in [6.45, 7) is 0. The van der Waals surface area contributed by atoms with Gasteiger partial charge in [0.15, 0.2) is 0 Å². The molecular weight excluding hydrogens is 364 g/mol. The fourth-order valence-corrected chi connectivity index (χ4v) is 2.83. The Morgan fingerprint density at radius 1 is 0.917 bits per heavy atom. The number of nitrogens with one attached hydrogen (secondary N) is 2. The molecule has 1 aliphatic rings. The predicted octanol–water partition coefficient (Wildman–Crippen LogP) is 5.22. The lowest BCUT2D eigenvalue weighted by Crippen LogP contribution is -2.07. The molecule has 4 rings (SSSR count). The van der Waals surface area contributed by atoms with Crippen molar-refractivity contribution < 1.29 is 0 Å². The molecule has 5 heteroatoms. The molecule has 24 heavy (non-hydrogen) atoms. The molecule has 1 fully saturated rings. The van der Waals surface area contributed by atoms with Gasteiger partial charge in [-0.25, -0.2) is 4.98 Å². The summed E-state index contributed by atoms with van der Waals surface area (Å²) in [6.07, 6.45) is 2.37. The minimum atomic E-state index is 0.507. The van der Waals surface area contributed by atoms with Crippen LogP contribution >= 0.6 is 15.9 Å². The molecular formula is C19H17BrN4. The summed E-state index contributed by atoms with van der Waals surface area (Å²) in [5.74, 6) is 1.45. The van der Waals surface area contributed by atoms with Crippen LogP contribution in [-0.4, -0.2) is 16.0 Å². The predicted molar refractivity (Wildman–Crippen MR) is 102 cm³/mol. The number of nitrogens with zero attached hydrogens (tertiary/aromatic N) is 2. The van der Waals surface area contributed by atoms with Gasteiger partial charge in [-0.15, -0.1) is 0 Å². The Morgan fingerprint density at radius 3 is 2.42 bits per heavy atom. The van der Waals surface area contributed by atoms with Crippen molar-refractivity contribution in [3.05, 3.63) is 65.1 Å². The first kappa shape index (κ1) is 15.1. The van der Waals surface area contributed by atoms with Gasteiger partial charge in [0.2, 0.25) is 5.95 Å². The molecule has 0 radical (unpaired) electrons. The average molecular weight is 381 g/mol. The molecule has 3 aromatic rings. The molecule has 0 aliphatic heterocycles. The van der Waals surface area contributed by atoms with E-state index in [0.717, 1.165) is 27.2 Å². The summed E-state index contributed by atoms with van der Waals surface area (Å²) in [6, 6.07) is 20.7. The van der Waals surface area contributed by atoms with E-state index >= 15 is 0 Å². The molecule has 2 N–H and O–H groups in total. The molecule has 2 aromatic carbocycles. The second-order valence-corrected chi connectivity index (χ2v) is 6.71. The van der Waals surface area contributed by atoms with Gasteiger partial charge >= 0.3 is 0 Å². The van der Waals surface area contributed by atoms with Crippen molar-refractivity contribution >= 4 is 33.4 Å². The van der Waals surface area contributed by atoms with Crippen LogP contribution < -0.4 is 10.6 Å². The largest absolute Gasteiger partial charge is 0.351 e.